The lowest BCUT2D eigenvalue weighted by Gasteiger charge is -2.16. The average molecular weight is 269 g/mol. The molecule has 0 bridgehead atoms. The quantitative estimate of drug-likeness (QED) is 0.721. The lowest BCUT2D eigenvalue weighted by Crippen LogP contribution is -2.46. The molecule has 0 saturated heterocycles. The second-order valence-corrected chi connectivity index (χ2v) is 4.78. The number of hydrogen-bond acceptors (Lipinski definition) is 4. The van der Waals surface area contributed by atoms with Crippen molar-refractivity contribution in [1.82, 2.24) is 15.8 Å². The van der Waals surface area contributed by atoms with Crippen molar-refractivity contribution < 1.29 is 19.2 Å². The third-order valence-corrected chi connectivity index (χ3v) is 2.41. The minimum absolute atomic E-state index is 0.167. The van der Waals surface area contributed by atoms with E-state index in [1.54, 1.807) is 13.0 Å². The molecule has 0 aliphatic carbocycles. The molecule has 1 aromatic rings. The predicted octanol–water partition coefficient (Wildman–Crippen LogP) is 1.28. The summed E-state index contributed by atoms with van der Waals surface area (Å²) in [4.78, 5) is 22.5. The maximum atomic E-state index is 11.6. The molecular formula is C12H19N3O4. The van der Waals surface area contributed by atoms with Crippen LogP contribution in [0.3, 0.4) is 0 Å². The van der Waals surface area contributed by atoms with Crippen molar-refractivity contribution in [3.8, 4) is 0 Å². The van der Waals surface area contributed by atoms with Crippen LogP contribution in [0.4, 0.5) is 4.79 Å². The minimum atomic E-state index is -1.04. The Hall–Kier alpha value is -2.05. The molecule has 0 spiro atoms. The van der Waals surface area contributed by atoms with E-state index in [2.05, 4.69) is 15.8 Å². The van der Waals surface area contributed by atoms with E-state index in [1.807, 2.05) is 13.8 Å². The van der Waals surface area contributed by atoms with Gasteiger partial charge < -0.3 is 20.3 Å². The highest BCUT2D eigenvalue weighted by atomic mass is 16.5. The molecule has 1 heterocycles. The third-order valence-electron chi connectivity index (χ3n) is 2.41. The Bertz CT molecular complexity index is 442. The Morgan fingerprint density at radius 2 is 2.16 bits per heavy atom. The first-order valence-electron chi connectivity index (χ1n) is 6.08. The lowest BCUT2D eigenvalue weighted by atomic mass is 10.0. The van der Waals surface area contributed by atoms with Gasteiger partial charge >= 0.3 is 12.0 Å². The number of carboxylic acid groups (broad SMARTS) is 1. The molecule has 0 aromatic carbocycles. The van der Waals surface area contributed by atoms with Crippen LogP contribution < -0.4 is 10.6 Å². The zero-order valence-electron chi connectivity index (χ0n) is 11.3. The van der Waals surface area contributed by atoms with E-state index in [-0.39, 0.29) is 12.5 Å². The fourth-order valence-corrected chi connectivity index (χ4v) is 1.57. The van der Waals surface area contributed by atoms with Crippen molar-refractivity contribution in [1.29, 1.82) is 0 Å². The Morgan fingerprint density at radius 1 is 1.47 bits per heavy atom. The van der Waals surface area contributed by atoms with Gasteiger partial charge in [0.1, 0.15) is 6.04 Å². The predicted molar refractivity (Wildman–Crippen MR) is 67.5 cm³/mol. The van der Waals surface area contributed by atoms with E-state index in [1.165, 1.54) is 0 Å². The van der Waals surface area contributed by atoms with Crippen LogP contribution in [0.1, 0.15) is 31.7 Å². The molecule has 2 amide bonds. The van der Waals surface area contributed by atoms with Crippen molar-refractivity contribution in [2.75, 3.05) is 0 Å². The van der Waals surface area contributed by atoms with Gasteiger partial charge in [-0.25, -0.2) is 9.59 Å². The van der Waals surface area contributed by atoms with E-state index in [0.717, 1.165) is 5.69 Å². The van der Waals surface area contributed by atoms with Crippen molar-refractivity contribution in [3.63, 3.8) is 0 Å². The van der Waals surface area contributed by atoms with Crippen LogP contribution in [0.2, 0.25) is 0 Å². The minimum Gasteiger partial charge on any atom is -0.480 e. The number of nitrogens with one attached hydrogen (secondary N) is 2. The number of amides is 2. The smallest absolute Gasteiger partial charge is 0.326 e. The molecule has 7 heteroatoms. The molecule has 0 aliphatic heterocycles. The molecule has 19 heavy (non-hydrogen) atoms. The third kappa shape index (κ3) is 5.41. The SMILES string of the molecule is Cc1cc(CNC(=O)NC(CC(C)C)C(=O)O)on1. The van der Waals surface area contributed by atoms with Gasteiger partial charge in [-0.05, 0) is 19.3 Å². The van der Waals surface area contributed by atoms with Crippen LogP contribution in [0.5, 0.6) is 0 Å². The van der Waals surface area contributed by atoms with Gasteiger partial charge in [0.15, 0.2) is 5.76 Å². The number of carboxylic acids is 1. The summed E-state index contributed by atoms with van der Waals surface area (Å²) >= 11 is 0. The van der Waals surface area contributed by atoms with Crippen LogP contribution in [0, 0.1) is 12.8 Å². The Balaban J connectivity index is 2.42. The second kappa shape index (κ2) is 6.77. The Kier molecular flexibility index (Phi) is 5.35. The lowest BCUT2D eigenvalue weighted by molar-refractivity contribution is -0.139. The standard InChI is InChI=1S/C12H19N3O4/c1-7(2)4-10(11(16)17)14-12(18)13-6-9-5-8(3)15-19-9/h5,7,10H,4,6H2,1-3H3,(H,16,17)(H2,13,14,18). The molecule has 1 rings (SSSR count). The van der Waals surface area contributed by atoms with Crippen LogP contribution in [0.25, 0.3) is 0 Å². The number of aromatic nitrogens is 1. The van der Waals surface area contributed by atoms with Crippen LogP contribution in [0.15, 0.2) is 10.6 Å². The molecule has 7 nitrogen and oxygen atoms in total. The van der Waals surface area contributed by atoms with E-state index < -0.39 is 18.0 Å². The average Bonchev–Trinajstić information content (AvgIpc) is 2.71. The number of rotatable bonds is 6. The summed E-state index contributed by atoms with van der Waals surface area (Å²) in [7, 11) is 0. The van der Waals surface area contributed by atoms with Crippen molar-refractivity contribution in [2.24, 2.45) is 5.92 Å². The summed E-state index contributed by atoms with van der Waals surface area (Å²) < 4.78 is 4.92. The molecule has 3 N–H and O–H groups in total. The molecule has 106 valence electrons. The molecule has 1 atom stereocenters. The van der Waals surface area contributed by atoms with Crippen LogP contribution in [-0.4, -0.2) is 28.3 Å². The largest absolute Gasteiger partial charge is 0.480 e. The number of carbonyl (C=O) groups is 2. The molecule has 1 unspecified atom stereocenters. The highest BCUT2D eigenvalue weighted by Crippen LogP contribution is 2.05. The van der Waals surface area contributed by atoms with Crippen molar-refractivity contribution in [3.05, 3.63) is 17.5 Å². The summed E-state index contributed by atoms with van der Waals surface area (Å²) in [5.41, 5.74) is 0.723. The number of aryl methyl sites for hydroxylation is 1. The highest BCUT2D eigenvalue weighted by Gasteiger charge is 2.20. The van der Waals surface area contributed by atoms with Crippen LogP contribution >= 0.6 is 0 Å². The Labute approximate surface area is 111 Å². The summed E-state index contributed by atoms with van der Waals surface area (Å²) in [5, 5.41) is 17.6. The highest BCUT2D eigenvalue weighted by molar-refractivity contribution is 5.82. The zero-order valence-corrected chi connectivity index (χ0v) is 11.3. The monoisotopic (exact) mass is 269 g/mol. The van der Waals surface area contributed by atoms with Gasteiger partial charge in [-0.15, -0.1) is 0 Å². The first-order chi connectivity index (χ1) is 8.88. The number of urea groups is 1. The van der Waals surface area contributed by atoms with Gasteiger partial charge in [-0.1, -0.05) is 19.0 Å². The van der Waals surface area contributed by atoms with Gasteiger partial charge in [0.2, 0.25) is 0 Å². The first-order valence-corrected chi connectivity index (χ1v) is 6.08. The van der Waals surface area contributed by atoms with E-state index >= 15 is 0 Å². The number of aliphatic carboxylic acids is 1. The Morgan fingerprint density at radius 3 is 2.63 bits per heavy atom. The van der Waals surface area contributed by atoms with Gasteiger partial charge in [-0.3, -0.25) is 0 Å². The van der Waals surface area contributed by atoms with Crippen molar-refractivity contribution >= 4 is 12.0 Å². The first kappa shape index (κ1) is 15.0. The topological polar surface area (TPSA) is 104 Å². The molecule has 0 radical (unpaired) electrons. The van der Waals surface area contributed by atoms with E-state index in [9.17, 15) is 9.59 Å². The van der Waals surface area contributed by atoms with E-state index in [0.29, 0.717) is 12.2 Å². The van der Waals surface area contributed by atoms with E-state index in [4.69, 9.17) is 9.63 Å². The molecule has 0 saturated carbocycles. The number of hydrogen-bond donors (Lipinski definition) is 3. The maximum absolute atomic E-state index is 11.6. The summed E-state index contributed by atoms with van der Waals surface area (Å²) in [6, 6.07) is 0.266. The molecule has 1 aromatic heterocycles. The molecule has 0 fully saturated rings. The van der Waals surface area contributed by atoms with Gasteiger partial charge in [-0.2, -0.15) is 0 Å². The second-order valence-electron chi connectivity index (χ2n) is 4.78. The van der Waals surface area contributed by atoms with Crippen molar-refractivity contribution in [2.45, 2.75) is 39.8 Å². The molecular weight excluding hydrogens is 250 g/mol. The number of nitrogens with zero attached hydrogens (tertiary/aromatic N) is 1. The van der Waals surface area contributed by atoms with Gasteiger partial charge in [0.05, 0.1) is 12.2 Å². The summed E-state index contributed by atoms with van der Waals surface area (Å²) in [5.74, 6) is -0.346. The molecule has 0 aliphatic rings. The maximum Gasteiger partial charge on any atom is 0.326 e. The van der Waals surface area contributed by atoms with Gasteiger partial charge in [0, 0.05) is 6.07 Å². The summed E-state index contributed by atoms with van der Waals surface area (Å²) in [6.45, 7) is 5.73. The fraction of sp³-hybridized carbons (Fsp3) is 0.583. The van der Waals surface area contributed by atoms with Crippen LogP contribution in [-0.2, 0) is 11.3 Å². The zero-order chi connectivity index (χ0) is 14.4. The van der Waals surface area contributed by atoms with Gasteiger partial charge in [0.25, 0.3) is 0 Å². The normalized spacial score (nSPS) is 12.2. The summed E-state index contributed by atoms with van der Waals surface area (Å²) in [6.07, 6.45) is 0.379. The number of carbonyl (C=O) groups excluding carboxylic acids is 1. The fourth-order valence-electron chi connectivity index (χ4n) is 1.57.